The zero-order valence-corrected chi connectivity index (χ0v) is 24.8. The third kappa shape index (κ3) is 7.20. The summed E-state index contributed by atoms with van der Waals surface area (Å²) in [4.78, 5) is 32.3. The van der Waals surface area contributed by atoms with Crippen molar-refractivity contribution in [3.63, 3.8) is 0 Å². The first-order chi connectivity index (χ1) is 20.3. The number of likely N-dealkylation sites (N-methyl/N-ethyl adjacent to an activating group) is 1. The molecule has 0 spiro atoms. The van der Waals surface area contributed by atoms with E-state index in [1.165, 1.54) is 18.1 Å². The molecule has 1 N–H and O–H groups in total. The highest BCUT2D eigenvalue weighted by molar-refractivity contribution is 5.79. The van der Waals surface area contributed by atoms with E-state index in [1.54, 1.807) is 0 Å². The van der Waals surface area contributed by atoms with Crippen molar-refractivity contribution in [1.29, 1.82) is 0 Å². The van der Waals surface area contributed by atoms with Crippen molar-refractivity contribution in [2.75, 3.05) is 39.3 Å². The van der Waals surface area contributed by atoms with E-state index >= 15 is 0 Å². The number of carboxylic acids is 1. The molecule has 0 aromatic heterocycles. The highest BCUT2D eigenvalue weighted by Crippen LogP contribution is 2.38. The van der Waals surface area contributed by atoms with Crippen LogP contribution >= 0.6 is 0 Å². The minimum absolute atomic E-state index is 0.0556. The number of carbonyl (C=O) groups excluding carboxylic acids is 1. The van der Waals surface area contributed by atoms with Crippen LogP contribution in [0, 0.1) is 23.5 Å². The van der Waals surface area contributed by atoms with Gasteiger partial charge >= 0.3 is 5.97 Å². The molecule has 0 bridgehead atoms. The molecule has 8 heteroatoms. The molecule has 2 aromatic carbocycles. The van der Waals surface area contributed by atoms with Crippen LogP contribution < -0.4 is 0 Å². The average molecular weight is 582 g/mol. The molecule has 1 amide bonds. The van der Waals surface area contributed by atoms with Crippen LogP contribution in [0.25, 0.3) is 0 Å². The number of carboxylic acid groups (broad SMARTS) is 1. The molecule has 3 unspecified atom stereocenters. The number of benzene rings is 2. The zero-order valence-electron chi connectivity index (χ0n) is 24.8. The van der Waals surface area contributed by atoms with Gasteiger partial charge in [-0.3, -0.25) is 14.5 Å². The maximum atomic E-state index is 13.7. The quantitative estimate of drug-likeness (QED) is 0.398. The van der Waals surface area contributed by atoms with E-state index in [0.717, 1.165) is 83.4 Å². The molecular weight excluding hydrogens is 536 g/mol. The van der Waals surface area contributed by atoms with Crippen molar-refractivity contribution in [2.24, 2.45) is 11.8 Å². The lowest BCUT2D eigenvalue weighted by Gasteiger charge is -2.39. The van der Waals surface area contributed by atoms with Crippen LogP contribution in [0.5, 0.6) is 0 Å². The predicted molar refractivity (Wildman–Crippen MR) is 159 cm³/mol. The van der Waals surface area contributed by atoms with Gasteiger partial charge < -0.3 is 14.9 Å². The Kier molecular flexibility index (Phi) is 10.3. The molecule has 1 aliphatic carbocycles. The van der Waals surface area contributed by atoms with Gasteiger partial charge in [0.25, 0.3) is 0 Å². The van der Waals surface area contributed by atoms with Crippen LogP contribution in [0.1, 0.15) is 68.9 Å². The Bertz CT molecular complexity index is 1200. The van der Waals surface area contributed by atoms with Crippen LogP contribution in [-0.2, 0) is 16.0 Å². The number of carbonyl (C=O) groups is 2. The summed E-state index contributed by atoms with van der Waals surface area (Å²) in [5.41, 5.74) is 1.77. The fourth-order valence-electron chi connectivity index (χ4n) is 7.81. The van der Waals surface area contributed by atoms with Gasteiger partial charge in [0.05, 0.1) is 6.42 Å². The highest BCUT2D eigenvalue weighted by Gasteiger charge is 2.43. The molecule has 0 radical (unpaired) electrons. The monoisotopic (exact) mass is 581 g/mol. The van der Waals surface area contributed by atoms with Gasteiger partial charge in [0.15, 0.2) is 11.6 Å². The van der Waals surface area contributed by atoms with E-state index in [4.69, 9.17) is 0 Å². The number of hydrogen-bond donors (Lipinski definition) is 1. The third-order valence-corrected chi connectivity index (χ3v) is 9.93. The number of nitrogens with zero attached hydrogens (tertiary/aromatic N) is 3. The number of halogens is 2. The maximum Gasteiger partial charge on any atom is 0.321 e. The van der Waals surface area contributed by atoms with E-state index in [2.05, 4.69) is 34.1 Å². The Hall–Kier alpha value is -2.84. The van der Waals surface area contributed by atoms with Crippen molar-refractivity contribution in [3.8, 4) is 0 Å². The molecular formula is C34H45F2N3O3. The van der Waals surface area contributed by atoms with Crippen molar-refractivity contribution in [3.05, 3.63) is 71.3 Å². The number of aliphatic carboxylic acids is 1. The minimum atomic E-state index is -0.927. The lowest BCUT2D eigenvalue weighted by molar-refractivity contribution is -0.145. The number of hydrogen-bond acceptors (Lipinski definition) is 4. The summed E-state index contributed by atoms with van der Waals surface area (Å²) in [6, 6.07) is 13.9. The summed E-state index contributed by atoms with van der Waals surface area (Å²) in [5.74, 6) is -1.71. The molecule has 2 saturated heterocycles. The summed E-state index contributed by atoms with van der Waals surface area (Å²) >= 11 is 0. The molecule has 3 atom stereocenters. The van der Waals surface area contributed by atoms with Crippen LogP contribution in [0.2, 0.25) is 0 Å². The van der Waals surface area contributed by atoms with Crippen LogP contribution in [-0.4, -0.2) is 83.0 Å². The number of rotatable bonds is 10. The Morgan fingerprint density at radius 3 is 2.31 bits per heavy atom. The first-order valence-electron chi connectivity index (χ1n) is 15.8. The Morgan fingerprint density at radius 2 is 1.67 bits per heavy atom. The number of amides is 1. The lowest BCUT2D eigenvalue weighted by atomic mass is 9.83. The molecule has 1 saturated carbocycles. The van der Waals surface area contributed by atoms with Crippen molar-refractivity contribution >= 4 is 11.9 Å². The van der Waals surface area contributed by atoms with Crippen LogP contribution in [0.15, 0.2) is 48.5 Å². The van der Waals surface area contributed by atoms with Gasteiger partial charge in [-0.1, -0.05) is 55.7 Å². The van der Waals surface area contributed by atoms with Gasteiger partial charge in [-0.15, -0.1) is 0 Å². The third-order valence-electron chi connectivity index (χ3n) is 9.93. The van der Waals surface area contributed by atoms with E-state index in [-0.39, 0.29) is 24.3 Å². The van der Waals surface area contributed by atoms with Gasteiger partial charge in [0.1, 0.15) is 6.04 Å². The molecule has 2 aliphatic heterocycles. The van der Waals surface area contributed by atoms with E-state index < -0.39 is 23.6 Å². The highest BCUT2D eigenvalue weighted by atomic mass is 19.2. The molecule has 3 fully saturated rings. The summed E-state index contributed by atoms with van der Waals surface area (Å²) < 4.78 is 27.0. The normalized spacial score (nSPS) is 23.6. The SMILES string of the molecule is CCN(C(=O)Cc1ccc(F)c(F)c1)C1CCN(CC2CN(C(C(=O)O)C3CCCCC3)CC2c2ccccc2)CC1. The fourth-order valence-corrected chi connectivity index (χ4v) is 7.81. The van der Waals surface area contributed by atoms with Crippen LogP contribution in [0.3, 0.4) is 0 Å². The van der Waals surface area contributed by atoms with E-state index in [0.29, 0.717) is 23.9 Å². The standard InChI is InChI=1S/C34H45F2N3O3/c1-2-39(32(40)20-24-13-14-30(35)31(36)19-24)28-15-17-37(18-16-28)21-27-22-38(23-29(27)25-9-5-3-6-10-25)33(34(41)42)26-11-7-4-8-12-26/h3,5-6,9-10,13-14,19,26-29,33H,2,4,7-8,11-12,15-18,20-23H2,1H3,(H,41,42). The Morgan fingerprint density at radius 1 is 0.952 bits per heavy atom. The zero-order chi connectivity index (χ0) is 29.6. The van der Waals surface area contributed by atoms with Crippen molar-refractivity contribution < 1.29 is 23.5 Å². The first kappa shape index (κ1) is 30.6. The second kappa shape index (κ2) is 14.1. The molecule has 228 valence electrons. The largest absolute Gasteiger partial charge is 0.480 e. The summed E-state index contributed by atoms with van der Waals surface area (Å²) in [6.07, 6.45) is 7.26. The molecule has 2 aromatic rings. The Balaban J connectivity index is 1.22. The number of likely N-dealkylation sites (tertiary alicyclic amines) is 2. The van der Waals surface area contributed by atoms with E-state index in [9.17, 15) is 23.5 Å². The summed E-state index contributed by atoms with van der Waals surface area (Å²) in [6.45, 7) is 6.79. The minimum Gasteiger partial charge on any atom is -0.480 e. The average Bonchev–Trinajstić information content (AvgIpc) is 3.40. The molecule has 42 heavy (non-hydrogen) atoms. The molecule has 3 aliphatic rings. The van der Waals surface area contributed by atoms with Gasteiger partial charge in [-0.05, 0) is 67.7 Å². The number of piperidine rings is 1. The summed E-state index contributed by atoms with van der Waals surface area (Å²) in [7, 11) is 0. The van der Waals surface area contributed by atoms with E-state index in [1.807, 2.05) is 17.9 Å². The predicted octanol–water partition coefficient (Wildman–Crippen LogP) is 5.57. The second-order valence-electron chi connectivity index (χ2n) is 12.5. The van der Waals surface area contributed by atoms with Crippen LogP contribution in [0.4, 0.5) is 8.78 Å². The van der Waals surface area contributed by atoms with Gasteiger partial charge in [0.2, 0.25) is 5.91 Å². The topological polar surface area (TPSA) is 64.1 Å². The van der Waals surface area contributed by atoms with Gasteiger partial charge in [-0.25, -0.2) is 8.78 Å². The first-order valence-corrected chi connectivity index (χ1v) is 15.8. The maximum absolute atomic E-state index is 13.7. The molecule has 2 heterocycles. The molecule has 5 rings (SSSR count). The smallest absolute Gasteiger partial charge is 0.321 e. The molecule has 6 nitrogen and oxygen atoms in total. The lowest BCUT2D eigenvalue weighted by Crippen LogP contribution is -2.49. The summed E-state index contributed by atoms with van der Waals surface area (Å²) in [5, 5.41) is 10.3. The van der Waals surface area contributed by atoms with Gasteiger partial charge in [0, 0.05) is 51.2 Å². The fraction of sp³-hybridized carbons (Fsp3) is 0.588. The second-order valence-corrected chi connectivity index (χ2v) is 12.5. The van der Waals surface area contributed by atoms with Crippen molar-refractivity contribution in [1.82, 2.24) is 14.7 Å². The Labute approximate surface area is 248 Å². The van der Waals surface area contributed by atoms with Crippen molar-refractivity contribution in [2.45, 2.75) is 76.3 Å². The van der Waals surface area contributed by atoms with Gasteiger partial charge in [-0.2, -0.15) is 0 Å².